The molecule has 24 heavy (non-hydrogen) atoms. The highest BCUT2D eigenvalue weighted by Gasteiger charge is 2.11. The maximum Gasteiger partial charge on any atom is 0.227 e. The number of nitrogens with one attached hydrogen (secondary N) is 1. The number of fused-ring (bicyclic) bond motifs is 1. The molecule has 0 aliphatic heterocycles. The summed E-state index contributed by atoms with van der Waals surface area (Å²) in [4.78, 5) is 16.0. The molecule has 4 nitrogen and oxygen atoms in total. The number of benzene rings is 2. The Morgan fingerprint density at radius 3 is 2.58 bits per heavy atom. The van der Waals surface area contributed by atoms with Crippen LogP contribution in [0.25, 0.3) is 22.6 Å². The Bertz CT molecular complexity index is 850. The molecule has 1 amide bonds. The quantitative estimate of drug-likeness (QED) is 0.688. The van der Waals surface area contributed by atoms with Gasteiger partial charge in [0.2, 0.25) is 11.8 Å². The first-order chi connectivity index (χ1) is 11.6. The standard InChI is InChI=1S/C20H22N2O2/c1-4-13(3)15-8-11-18-17(12-15)22-20(24-18)14-6-9-16(10-7-14)21-19(23)5-2/h6-13H,4-5H2,1-3H3,(H,21,23)/t13-/m0/s1. The number of hydrogen-bond acceptors (Lipinski definition) is 3. The molecule has 0 spiro atoms. The van der Waals surface area contributed by atoms with E-state index in [2.05, 4.69) is 36.3 Å². The van der Waals surface area contributed by atoms with Crippen molar-refractivity contribution in [1.82, 2.24) is 4.98 Å². The Morgan fingerprint density at radius 1 is 1.17 bits per heavy atom. The molecule has 0 unspecified atom stereocenters. The van der Waals surface area contributed by atoms with E-state index in [1.54, 1.807) is 0 Å². The van der Waals surface area contributed by atoms with E-state index in [0.29, 0.717) is 18.2 Å². The highest BCUT2D eigenvalue weighted by atomic mass is 16.3. The van der Waals surface area contributed by atoms with Gasteiger partial charge in [-0.15, -0.1) is 0 Å². The summed E-state index contributed by atoms with van der Waals surface area (Å²) >= 11 is 0. The Balaban J connectivity index is 1.87. The minimum absolute atomic E-state index is 0.00202. The molecule has 0 bridgehead atoms. The number of carbonyl (C=O) groups excluding carboxylic acids is 1. The van der Waals surface area contributed by atoms with Crippen LogP contribution in [0.5, 0.6) is 0 Å². The van der Waals surface area contributed by atoms with E-state index in [4.69, 9.17) is 4.42 Å². The molecule has 0 saturated heterocycles. The largest absolute Gasteiger partial charge is 0.436 e. The zero-order valence-corrected chi connectivity index (χ0v) is 14.3. The van der Waals surface area contributed by atoms with Crippen LogP contribution in [0.2, 0.25) is 0 Å². The van der Waals surface area contributed by atoms with Gasteiger partial charge in [0.05, 0.1) is 0 Å². The Kier molecular flexibility index (Phi) is 4.65. The molecule has 1 aromatic heterocycles. The van der Waals surface area contributed by atoms with Crippen LogP contribution in [0, 0.1) is 0 Å². The van der Waals surface area contributed by atoms with Crippen molar-refractivity contribution in [2.75, 3.05) is 5.32 Å². The Morgan fingerprint density at radius 2 is 1.92 bits per heavy atom. The topological polar surface area (TPSA) is 55.1 Å². The first-order valence-corrected chi connectivity index (χ1v) is 8.41. The molecule has 1 N–H and O–H groups in total. The van der Waals surface area contributed by atoms with Gasteiger partial charge in [0, 0.05) is 17.7 Å². The van der Waals surface area contributed by atoms with E-state index in [1.807, 2.05) is 37.3 Å². The van der Waals surface area contributed by atoms with Gasteiger partial charge in [-0.05, 0) is 54.3 Å². The van der Waals surface area contributed by atoms with E-state index in [0.717, 1.165) is 28.8 Å². The van der Waals surface area contributed by atoms with Gasteiger partial charge in [-0.2, -0.15) is 0 Å². The van der Waals surface area contributed by atoms with Crippen LogP contribution in [0.1, 0.15) is 45.1 Å². The summed E-state index contributed by atoms with van der Waals surface area (Å²) in [7, 11) is 0. The number of nitrogens with zero attached hydrogens (tertiary/aromatic N) is 1. The zero-order chi connectivity index (χ0) is 17.1. The average molecular weight is 322 g/mol. The first kappa shape index (κ1) is 16.2. The molecule has 0 radical (unpaired) electrons. The lowest BCUT2D eigenvalue weighted by Crippen LogP contribution is -2.08. The van der Waals surface area contributed by atoms with Gasteiger partial charge >= 0.3 is 0 Å². The molecule has 0 fully saturated rings. The van der Waals surface area contributed by atoms with Crippen molar-refractivity contribution in [2.24, 2.45) is 0 Å². The number of aromatic nitrogens is 1. The lowest BCUT2D eigenvalue weighted by atomic mass is 9.98. The summed E-state index contributed by atoms with van der Waals surface area (Å²) in [6.07, 6.45) is 1.56. The third-order valence-electron chi connectivity index (χ3n) is 4.33. The molecule has 124 valence electrons. The van der Waals surface area contributed by atoms with Gasteiger partial charge < -0.3 is 9.73 Å². The monoisotopic (exact) mass is 322 g/mol. The molecule has 0 aliphatic rings. The molecule has 3 aromatic rings. The van der Waals surface area contributed by atoms with Crippen LogP contribution >= 0.6 is 0 Å². The SMILES string of the molecule is CCC(=O)Nc1ccc(-c2nc3cc([C@@H](C)CC)ccc3o2)cc1. The normalized spacial score (nSPS) is 12.3. The van der Waals surface area contributed by atoms with E-state index >= 15 is 0 Å². The molecule has 1 heterocycles. The zero-order valence-electron chi connectivity index (χ0n) is 14.3. The van der Waals surface area contributed by atoms with Gasteiger partial charge in [0.15, 0.2) is 5.58 Å². The van der Waals surface area contributed by atoms with E-state index in [9.17, 15) is 4.79 Å². The van der Waals surface area contributed by atoms with Crippen LogP contribution in [-0.4, -0.2) is 10.9 Å². The predicted octanol–water partition coefficient (Wildman–Crippen LogP) is 5.36. The fourth-order valence-electron chi connectivity index (χ4n) is 2.56. The van der Waals surface area contributed by atoms with Gasteiger partial charge in [0.1, 0.15) is 5.52 Å². The Labute approximate surface area is 141 Å². The van der Waals surface area contributed by atoms with Crippen LogP contribution in [0.3, 0.4) is 0 Å². The van der Waals surface area contributed by atoms with Gasteiger partial charge in [-0.25, -0.2) is 4.98 Å². The summed E-state index contributed by atoms with van der Waals surface area (Å²) < 4.78 is 5.87. The number of anilines is 1. The number of oxazole rings is 1. The molecule has 4 heteroatoms. The number of carbonyl (C=O) groups is 1. The third-order valence-corrected chi connectivity index (χ3v) is 4.33. The number of amides is 1. The van der Waals surface area contributed by atoms with Gasteiger partial charge in [-0.3, -0.25) is 4.79 Å². The first-order valence-electron chi connectivity index (χ1n) is 8.41. The predicted molar refractivity (Wildman–Crippen MR) is 97.1 cm³/mol. The fourth-order valence-corrected chi connectivity index (χ4v) is 2.56. The lowest BCUT2D eigenvalue weighted by Gasteiger charge is -2.07. The third kappa shape index (κ3) is 3.32. The number of hydrogen-bond donors (Lipinski definition) is 1. The molecular formula is C20H22N2O2. The summed E-state index contributed by atoms with van der Waals surface area (Å²) in [5, 5.41) is 2.83. The van der Waals surface area contributed by atoms with Crippen molar-refractivity contribution in [3.05, 3.63) is 48.0 Å². The van der Waals surface area contributed by atoms with Crippen molar-refractivity contribution in [3.8, 4) is 11.5 Å². The molecule has 0 saturated carbocycles. The van der Waals surface area contributed by atoms with Crippen molar-refractivity contribution in [2.45, 2.75) is 39.5 Å². The summed E-state index contributed by atoms with van der Waals surface area (Å²) in [6.45, 7) is 6.23. The van der Waals surface area contributed by atoms with E-state index in [-0.39, 0.29) is 5.91 Å². The highest BCUT2D eigenvalue weighted by molar-refractivity contribution is 5.90. The Hall–Kier alpha value is -2.62. The van der Waals surface area contributed by atoms with Crippen molar-refractivity contribution in [3.63, 3.8) is 0 Å². The van der Waals surface area contributed by atoms with Gasteiger partial charge in [-0.1, -0.05) is 26.8 Å². The maximum absolute atomic E-state index is 11.4. The molecule has 1 atom stereocenters. The van der Waals surface area contributed by atoms with Gasteiger partial charge in [0.25, 0.3) is 0 Å². The minimum atomic E-state index is 0.00202. The molecule has 3 rings (SSSR count). The van der Waals surface area contributed by atoms with Crippen molar-refractivity contribution >= 4 is 22.7 Å². The molecule has 2 aromatic carbocycles. The average Bonchev–Trinajstić information content (AvgIpc) is 3.04. The van der Waals surface area contributed by atoms with Crippen LogP contribution in [-0.2, 0) is 4.79 Å². The minimum Gasteiger partial charge on any atom is -0.436 e. The van der Waals surface area contributed by atoms with E-state index in [1.165, 1.54) is 5.56 Å². The summed E-state index contributed by atoms with van der Waals surface area (Å²) in [6, 6.07) is 13.7. The lowest BCUT2D eigenvalue weighted by molar-refractivity contribution is -0.115. The van der Waals surface area contributed by atoms with Crippen LogP contribution in [0.15, 0.2) is 46.9 Å². The summed E-state index contributed by atoms with van der Waals surface area (Å²) in [5.41, 5.74) is 4.63. The van der Waals surface area contributed by atoms with E-state index < -0.39 is 0 Å². The second-order valence-electron chi connectivity index (χ2n) is 6.03. The second-order valence-corrected chi connectivity index (χ2v) is 6.03. The molecule has 0 aliphatic carbocycles. The van der Waals surface area contributed by atoms with Crippen molar-refractivity contribution < 1.29 is 9.21 Å². The fraction of sp³-hybridized carbons (Fsp3) is 0.300. The maximum atomic E-state index is 11.4. The number of rotatable bonds is 5. The second kappa shape index (κ2) is 6.87. The molecular weight excluding hydrogens is 300 g/mol. The summed E-state index contributed by atoms with van der Waals surface area (Å²) in [5.74, 6) is 1.11. The highest BCUT2D eigenvalue weighted by Crippen LogP contribution is 2.28. The van der Waals surface area contributed by atoms with Crippen LogP contribution in [0.4, 0.5) is 5.69 Å². The van der Waals surface area contributed by atoms with Crippen LogP contribution < -0.4 is 5.32 Å². The van der Waals surface area contributed by atoms with Crippen molar-refractivity contribution in [1.29, 1.82) is 0 Å². The smallest absolute Gasteiger partial charge is 0.227 e.